The van der Waals surface area contributed by atoms with E-state index in [-0.39, 0.29) is 5.41 Å². The first kappa shape index (κ1) is 33.6. The monoisotopic (exact) mass is 755 g/mol. The van der Waals surface area contributed by atoms with Crippen LogP contribution in [0.1, 0.15) is 25.0 Å². The lowest BCUT2D eigenvalue weighted by atomic mass is 9.82. The molecular weight excluding hydrogens is 719 g/mol. The summed E-state index contributed by atoms with van der Waals surface area (Å²) in [5.41, 5.74) is 17.7. The molecule has 11 aromatic rings. The van der Waals surface area contributed by atoms with Crippen molar-refractivity contribution >= 4 is 43.7 Å². The molecule has 3 aromatic heterocycles. The lowest BCUT2D eigenvalue weighted by Gasteiger charge is -2.21. The highest BCUT2D eigenvalue weighted by molar-refractivity contribution is 6.13. The van der Waals surface area contributed by atoms with Gasteiger partial charge in [-0.1, -0.05) is 147 Å². The highest BCUT2D eigenvalue weighted by Gasteiger charge is 2.37. The first-order chi connectivity index (χ1) is 29.0. The van der Waals surface area contributed by atoms with E-state index in [0.717, 1.165) is 61.4 Å². The number of para-hydroxylation sites is 2. The van der Waals surface area contributed by atoms with Gasteiger partial charge in [0, 0.05) is 49.3 Å². The summed E-state index contributed by atoms with van der Waals surface area (Å²) in [6.07, 6.45) is 0. The zero-order valence-electron chi connectivity index (χ0n) is 32.6. The molecule has 0 spiro atoms. The van der Waals surface area contributed by atoms with Crippen molar-refractivity contribution in [1.29, 1.82) is 0 Å². The maximum absolute atomic E-state index is 6.36. The molecule has 278 valence electrons. The molecule has 0 unspecified atom stereocenters. The number of hydrogen-bond donors (Lipinski definition) is 0. The van der Waals surface area contributed by atoms with Crippen LogP contribution in [-0.2, 0) is 5.41 Å². The second-order valence-electron chi connectivity index (χ2n) is 16.2. The molecule has 1 aliphatic rings. The first-order valence-corrected chi connectivity index (χ1v) is 20.2. The van der Waals surface area contributed by atoms with Gasteiger partial charge in [0.15, 0.2) is 5.82 Å². The van der Waals surface area contributed by atoms with Crippen molar-refractivity contribution in [3.8, 4) is 61.8 Å². The number of rotatable bonds is 5. The summed E-state index contributed by atoms with van der Waals surface area (Å²) in [5, 5.41) is 4.84. The molecule has 1 aliphatic carbocycles. The molecule has 4 heteroatoms. The Morgan fingerprint density at radius 1 is 0.407 bits per heavy atom. The summed E-state index contributed by atoms with van der Waals surface area (Å²) in [6, 6.07) is 67.0. The van der Waals surface area contributed by atoms with Crippen molar-refractivity contribution in [2.24, 2.45) is 0 Å². The Morgan fingerprint density at radius 3 is 1.66 bits per heavy atom. The SMILES string of the molecule is CC1(C)c2cc3oc4ccccc4c3cc2-c2cc3c4ccccc4n(-c4ccc(-c5ccc(-c6cc(-c7ccccc7)nc(-c7ccccc7)n6)cc5)cc4)c3cc21. The molecular formula is C55H37N3O. The first-order valence-electron chi connectivity index (χ1n) is 20.2. The number of hydrogen-bond acceptors (Lipinski definition) is 3. The van der Waals surface area contributed by atoms with E-state index in [1.54, 1.807) is 0 Å². The Morgan fingerprint density at radius 2 is 0.949 bits per heavy atom. The van der Waals surface area contributed by atoms with Gasteiger partial charge in [0.1, 0.15) is 11.2 Å². The third-order valence-electron chi connectivity index (χ3n) is 12.4. The number of benzene rings is 8. The van der Waals surface area contributed by atoms with Crippen LogP contribution in [0.2, 0.25) is 0 Å². The van der Waals surface area contributed by atoms with Gasteiger partial charge in [-0.15, -0.1) is 0 Å². The fourth-order valence-electron chi connectivity index (χ4n) is 9.39. The topological polar surface area (TPSA) is 43.9 Å². The van der Waals surface area contributed by atoms with Gasteiger partial charge in [-0.25, -0.2) is 9.97 Å². The Kier molecular flexibility index (Phi) is 7.24. The maximum Gasteiger partial charge on any atom is 0.160 e. The minimum absolute atomic E-state index is 0.193. The number of fused-ring (bicyclic) bond motifs is 9. The largest absolute Gasteiger partial charge is 0.456 e. The van der Waals surface area contributed by atoms with Gasteiger partial charge in [-0.2, -0.15) is 0 Å². The van der Waals surface area contributed by atoms with E-state index in [2.05, 4.69) is 164 Å². The van der Waals surface area contributed by atoms with E-state index in [1.165, 1.54) is 49.4 Å². The Balaban J connectivity index is 0.921. The summed E-state index contributed by atoms with van der Waals surface area (Å²) in [5.74, 6) is 0.716. The molecule has 0 bridgehead atoms. The van der Waals surface area contributed by atoms with Crippen LogP contribution in [0.4, 0.5) is 0 Å². The minimum atomic E-state index is -0.193. The van der Waals surface area contributed by atoms with Crippen LogP contribution in [0.15, 0.2) is 192 Å². The predicted octanol–water partition coefficient (Wildman–Crippen LogP) is 14.4. The fraction of sp³-hybridized carbons (Fsp3) is 0.0545. The number of aromatic nitrogens is 3. The van der Waals surface area contributed by atoms with E-state index in [9.17, 15) is 0 Å². The summed E-state index contributed by atoms with van der Waals surface area (Å²) in [4.78, 5) is 10.0. The van der Waals surface area contributed by atoms with Crippen molar-refractivity contribution in [3.05, 3.63) is 199 Å². The average molecular weight is 756 g/mol. The molecule has 59 heavy (non-hydrogen) atoms. The average Bonchev–Trinajstić information content (AvgIpc) is 3.90. The smallest absolute Gasteiger partial charge is 0.160 e. The normalized spacial score (nSPS) is 13.1. The van der Waals surface area contributed by atoms with Crippen LogP contribution in [0, 0.1) is 0 Å². The standard InChI is InChI=1S/C55H37N3O/c1-55(2)46-31-51-44(29-42(46)43-30-45-41-18-10-12-20-52(41)59-53(45)32-47(43)55)40-17-9-11-19-50(40)58(51)39-27-25-35(26-28-39)34-21-23-37(24-22-34)49-33-48(36-13-5-3-6-14-36)56-54(57-49)38-15-7-4-8-16-38/h3-33H,1-2H3. The van der Waals surface area contributed by atoms with Crippen LogP contribution >= 0.6 is 0 Å². The molecule has 0 amide bonds. The summed E-state index contributed by atoms with van der Waals surface area (Å²) in [6.45, 7) is 4.69. The molecule has 0 N–H and O–H groups in total. The van der Waals surface area contributed by atoms with Crippen molar-refractivity contribution in [2.75, 3.05) is 0 Å². The summed E-state index contributed by atoms with van der Waals surface area (Å²) >= 11 is 0. The van der Waals surface area contributed by atoms with Crippen molar-refractivity contribution in [3.63, 3.8) is 0 Å². The lowest BCUT2D eigenvalue weighted by molar-refractivity contribution is 0.647. The highest BCUT2D eigenvalue weighted by Crippen LogP contribution is 2.53. The minimum Gasteiger partial charge on any atom is -0.456 e. The Hall–Kier alpha value is -7.56. The van der Waals surface area contributed by atoms with Gasteiger partial charge in [0.25, 0.3) is 0 Å². The van der Waals surface area contributed by atoms with Gasteiger partial charge >= 0.3 is 0 Å². The summed E-state index contributed by atoms with van der Waals surface area (Å²) < 4.78 is 8.79. The lowest BCUT2D eigenvalue weighted by Crippen LogP contribution is -2.15. The van der Waals surface area contributed by atoms with Crippen LogP contribution in [0.25, 0.3) is 106 Å². The number of nitrogens with zero attached hydrogens (tertiary/aromatic N) is 3. The summed E-state index contributed by atoms with van der Waals surface area (Å²) in [7, 11) is 0. The van der Waals surface area contributed by atoms with Crippen LogP contribution in [-0.4, -0.2) is 14.5 Å². The van der Waals surface area contributed by atoms with Crippen LogP contribution < -0.4 is 0 Å². The predicted molar refractivity (Wildman–Crippen MR) is 243 cm³/mol. The Bertz CT molecular complexity index is 3370. The number of furan rings is 1. The maximum atomic E-state index is 6.36. The quantitative estimate of drug-likeness (QED) is 0.176. The highest BCUT2D eigenvalue weighted by atomic mass is 16.3. The van der Waals surface area contributed by atoms with E-state index < -0.39 is 0 Å². The van der Waals surface area contributed by atoms with Gasteiger partial charge in [-0.05, 0) is 88.0 Å². The van der Waals surface area contributed by atoms with E-state index in [0.29, 0.717) is 5.82 Å². The van der Waals surface area contributed by atoms with Crippen LogP contribution in [0.5, 0.6) is 0 Å². The molecule has 0 aliphatic heterocycles. The van der Waals surface area contributed by atoms with Gasteiger partial charge in [0.05, 0.1) is 22.4 Å². The second-order valence-corrected chi connectivity index (χ2v) is 16.2. The zero-order chi connectivity index (χ0) is 39.2. The fourth-order valence-corrected chi connectivity index (χ4v) is 9.39. The third kappa shape index (κ3) is 5.23. The van der Waals surface area contributed by atoms with E-state index in [1.807, 2.05) is 42.5 Å². The van der Waals surface area contributed by atoms with E-state index in [4.69, 9.17) is 14.4 Å². The molecule has 0 atom stereocenters. The molecule has 3 heterocycles. The van der Waals surface area contributed by atoms with Crippen LogP contribution in [0.3, 0.4) is 0 Å². The van der Waals surface area contributed by atoms with Crippen molar-refractivity contribution in [1.82, 2.24) is 14.5 Å². The van der Waals surface area contributed by atoms with Gasteiger partial charge < -0.3 is 8.98 Å². The van der Waals surface area contributed by atoms with Crippen molar-refractivity contribution in [2.45, 2.75) is 19.3 Å². The zero-order valence-corrected chi connectivity index (χ0v) is 32.6. The van der Waals surface area contributed by atoms with Gasteiger partial charge in [-0.3, -0.25) is 0 Å². The molecule has 0 saturated carbocycles. The molecule has 12 rings (SSSR count). The second kappa shape index (κ2) is 12.7. The molecule has 0 radical (unpaired) electrons. The molecule has 0 fully saturated rings. The van der Waals surface area contributed by atoms with Crippen molar-refractivity contribution < 1.29 is 4.42 Å². The molecule has 8 aromatic carbocycles. The molecule has 4 nitrogen and oxygen atoms in total. The van der Waals surface area contributed by atoms with Gasteiger partial charge in [0.2, 0.25) is 0 Å². The van der Waals surface area contributed by atoms with E-state index >= 15 is 0 Å². The molecule has 0 saturated heterocycles. The Labute approximate surface area is 341 Å². The third-order valence-corrected chi connectivity index (χ3v) is 12.4.